The molecule has 8 heteroatoms. The zero-order chi connectivity index (χ0) is 22.6. The lowest BCUT2D eigenvalue weighted by molar-refractivity contribution is -0.123. The highest BCUT2D eigenvalue weighted by molar-refractivity contribution is 7.99. The van der Waals surface area contributed by atoms with Crippen molar-refractivity contribution in [2.24, 2.45) is 0 Å². The number of fused-ring (bicyclic) bond motifs is 4. The molecule has 1 aliphatic heterocycles. The van der Waals surface area contributed by atoms with Crippen LogP contribution in [0.5, 0.6) is 5.75 Å². The van der Waals surface area contributed by atoms with E-state index in [1.54, 1.807) is 11.8 Å². The first-order valence-electron chi connectivity index (χ1n) is 11.2. The van der Waals surface area contributed by atoms with Gasteiger partial charge in [-0.15, -0.1) is 11.8 Å². The van der Waals surface area contributed by atoms with Gasteiger partial charge in [-0.3, -0.25) is 4.79 Å². The van der Waals surface area contributed by atoms with Crippen LogP contribution in [-0.2, 0) is 14.8 Å². The molecule has 4 rings (SSSR count). The molecule has 2 aromatic carbocycles. The molecule has 0 aromatic heterocycles. The highest BCUT2D eigenvalue weighted by Crippen LogP contribution is 2.34. The van der Waals surface area contributed by atoms with Crippen molar-refractivity contribution in [1.29, 1.82) is 0 Å². The zero-order valence-electron chi connectivity index (χ0n) is 18.3. The van der Waals surface area contributed by atoms with Crippen molar-refractivity contribution in [3.8, 4) is 16.9 Å². The van der Waals surface area contributed by atoms with Gasteiger partial charge in [0.25, 0.3) is 0 Å². The molecule has 32 heavy (non-hydrogen) atoms. The molecule has 0 spiro atoms. The van der Waals surface area contributed by atoms with Crippen LogP contribution in [0.15, 0.2) is 53.4 Å². The van der Waals surface area contributed by atoms with Crippen molar-refractivity contribution in [2.45, 2.75) is 61.3 Å². The number of hydrogen-bond acceptors (Lipinski definition) is 5. The third-order valence-corrected chi connectivity index (χ3v) is 8.77. The van der Waals surface area contributed by atoms with Gasteiger partial charge in [-0.05, 0) is 67.7 Å². The fourth-order valence-corrected chi connectivity index (χ4v) is 6.39. The predicted octanol–water partition coefficient (Wildman–Crippen LogP) is 3.96. The molecule has 0 saturated heterocycles. The Balaban J connectivity index is 1.53. The van der Waals surface area contributed by atoms with E-state index in [4.69, 9.17) is 4.74 Å². The Hall–Kier alpha value is -2.03. The smallest absolute Gasteiger partial charge is 0.238 e. The van der Waals surface area contributed by atoms with Gasteiger partial charge in [-0.1, -0.05) is 36.8 Å². The van der Waals surface area contributed by atoms with Gasteiger partial charge in [-0.2, -0.15) is 0 Å². The standard InChI is InChI=1S/C24H30N2O4S2/c1-17-16-30-19-8-6-7-18(15-19)21-9-2-3-11-23(21)31-14-5-4-10-22(24(27)25-17)26-32(28,29)20-12-13-20/h2-3,6-9,11,15,17,20,22,26H,4-5,10,12-14,16H2,1H3,(H,25,27)/t17-,22+/m1/s1. The van der Waals surface area contributed by atoms with Gasteiger partial charge < -0.3 is 10.1 Å². The molecule has 2 atom stereocenters. The Morgan fingerprint density at radius 1 is 1.06 bits per heavy atom. The minimum Gasteiger partial charge on any atom is -0.491 e. The molecule has 1 fully saturated rings. The second kappa shape index (κ2) is 10.3. The van der Waals surface area contributed by atoms with Crippen LogP contribution in [0.2, 0.25) is 0 Å². The number of carbonyl (C=O) groups excluding carboxylic acids is 1. The van der Waals surface area contributed by atoms with Gasteiger partial charge in [0.15, 0.2) is 0 Å². The maximum atomic E-state index is 12.9. The normalized spacial score (nSPS) is 23.0. The first-order valence-corrected chi connectivity index (χ1v) is 13.7. The number of thioether (sulfide) groups is 1. The number of hydrogen-bond donors (Lipinski definition) is 2. The zero-order valence-corrected chi connectivity index (χ0v) is 19.9. The first kappa shape index (κ1) is 23.1. The quantitative estimate of drug-likeness (QED) is 0.703. The number of nitrogens with one attached hydrogen (secondary N) is 2. The minimum absolute atomic E-state index is 0.255. The Labute approximate surface area is 194 Å². The molecule has 2 aliphatic rings. The van der Waals surface area contributed by atoms with Crippen molar-refractivity contribution in [3.63, 3.8) is 0 Å². The average Bonchev–Trinajstić information content (AvgIpc) is 3.63. The Morgan fingerprint density at radius 2 is 1.88 bits per heavy atom. The molecule has 1 amide bonds. The summed E-state index contributed by atoms with van der Waals surface area (Å²) >= 11 is 1.78. The Bertz CT molecular complexity index is 1050. The summed E-state index contributed by atoms with van der Waals surface area (Å²) in [6, 6.07) is 15.3. The highest BCUT2D eigenvalue weighted by Gasteiger charge is 2.38. The number of carbonyl (C=O) groups is 1. The number of ether oxygens (including phenoxy) is 1. The molecule has 1 saturated carbocycles. The number of rotatable bonds is 3. The molecular weight excluding hydrogens is 444 g/mol. The number of sulfonamides is 1. The summed E-state index contributed by atoms with van der Waals surface area (Å²) < 4.78 is 33.5. The molecule has 2 N–H and O–H groups in total. The van der Waals surface area contributed by atoms with E-state index in [-0.39, 0.29) is 17.2 Å². The van der Waals surface area contributed by atoms with Crippen LogP contribution in [0.1, 0.15) is 39.0 Å². The average molecular weight is 475 g/mol. The maximum absolute atomic E-state index is 12.9. The summed E-state index contributed by atoms with van der Waals surface area (Å²) in [7, 11) is -3.45. The van der Waals surface area contributed by atoms with Crippen LogP contribution in [0.3, 0.4) is 0 Å². The van der Waals surface area contributed by atoms with Crippen molar-refractivity contribution >= 4 is 27.7 Å². The van der Waals surface area contributed by atoms with E-state index in [0.29, 0.717) is 25.9 Å². The summed E-state index contributed by atoms with van der Waals surface area (Å²) in [6.07, 6.45) is 3.48. The molecule has 0 unspecified atom stereocenters. The summed E-state index contributed by atoms with van der Waals surface area (Å²) in [6.45, 7) is 2.16. The van der Waals surface area contributed by atoms with Gasteiger partial charge >= 0.3 is 0 Å². The van der Waals surface area contributed by atoms with Crippen LogP contribution < -0.4 is 14.8 Å². The maximum Gasteiger partial charge on any atom is 0.238 e. The van der Waals surface area contributed by atoms with Crippen molar-refractivity contribution < 1.29 is 17.9 Å². The molecule has 6 nitrogen and oxygen atoms in total. The number of benzene rings is 2. The van der Waals surface area contributed by atoms with Crippen LogP contribution in [-0.4, -0.2) is 44.0 Å². The first-order chi connectivity index (χ1) is 15.4. The summed E-state index contributed by atoms with van der Waals surface area (Å²) in [5.41, 5.74) is 2.27. The lowest BCUT2D eigenvalue weighted by atomic mass is 10.1. The second-order valence-electron chi connectivity index (χ2n) is 8.50. The van der Waals surface area contributed by atoms with E-state index >= 15 is 0 Å². The number of amides is 1. The van der Waals surface area contributed by atoms with Gasteiger partial charge in [-0.25, -0.2) is 13.1 Å². The van der Waals surface area contributed by atoms with E-state index in [1.807, 2.05) is 37.3 Å². The molecule has 2 aromatic rings. The lowest BCUT2D eigenvalue weighted by Crippen LogP contribution is -2.50. The SMILES string of the molecule is C[C@@H]1COc2cccc(c2)-c2ccccc2SCCCC[C@H](NS(=O)(=O)C2CC2)C(=O)N1. The molecular formula is C24H30N2O4S2. The van der Waals surface area contributed by atoms with Crippen molar-refractivity contribution in [2.75, 3.05) is 12.4 Å². The highest BCUT2D eigenvalue weighted by atomic mass is 32.2. The van der Waals surface area contributed by atoms with Crippen molar-refractivity contribution in [1.82, 2.24) is 10.0 Å². The fourth-order valence-electron chi connectivity index (χ4n) is 3.74. The molecule has 0 radical (unpaired) electrons. The van der Waals surface area contributed by atoms with E-state index in [9.17, 15) is 13.2 Å². The van der Waals surface area contributed by atoms with E-state index in [1.165, 1.54) is 10.5 Å². The van der Waals surface area contributed by atoms with Gasteiger partial charge in [0, 0.05) is 4.90 Å². The van der Waals surface area contributed by atoms with Crippen LogP contribution in [0, 0.1) is 0 Å². The predicted molar refractivity (Wildman–Crippen MR) is 128 cm³/mol. The Morgan fingerprint density at radius 3 is 2.69 bits per heavy atom. The largest absolute Gasteiger partial charge is 0.491 e. The third kappa shape index (κ3) is 6.05. The summed E-state index contributed by atoms with van der Waals surface area (Å²) in [5.74, 6) is 1.35. The van der Waals surface area contributed by atoms with E-state index in [0.717, 1.165) is 29.9 Å². The molecule has 172 valence electrons. The lowest BCUT2D eigenvalue weighted by Gasteiger charge is -2.22. The summed E-state index contributed by atoms with van der Waals surface area (Å²) in [5, 5.41) is 2.57. The second-order valence-corrected chi connectivity index (χ2v) is 11.6. The van der Waals surface area contributed by atoms with Gasteiger partial charge in [0.1, 0.15) is 18.4 Å². The molecule has 1 aliphatic carbocycles. The Kier molecular flexibility index (Phi) is 7.43. The topological polar surface area (TPSA) is 84.5 Å². The van der Waals surface area contributed by atoms with Gasteiger partial charge in [0.05, 0.1) is 11.3 Å². The van der Waals surface area contributed by atoms with Crippen LogP contribution >= 0.6 is 11.8 Å². The van der Waals surface area contributed by atoms with Crippen molar-refractivity contribution in [3.05, 3.63) is 48.5 Å². The summed E-state index contributed by atoms with van der Waals surface area (Å²) in [4.78, 5) is 14.1. The molecule has 1 heterocycles. The van der Waals surface area contributed by atoms with E-state index < -0.39 is 16.1 Å². The third-order valence-electron chi connectivity index (χ3n) is 5.65. The van der Waals surface area contributed by atoms with Crippen LogP contribution in [0.25, 0.3) is 11.1 Å². The minimum atomic E-state index is -3.45. The van der Waals surface area contributed by atoms with Crippen LogP contribution in [0.4, 0.5) is 0 Å². The van der Waals surface area contributed by atoms with Gasteiger partial charge in [0.2, 0.25) is 15.9 Å². The molecule has 2 bridgehead atoms. The monoisotopic (exact) mass is 474 g/mol. The fraction of sp³-hybridized carbons (Fsp3) is 0.458. The van der Waals surface area contributed by atoms with E-state index in [2.05, 4.69) is 28.2 Å².